The van der Waals surface area contributed by atoms with Crippen LogP contribution in [-0.2, 0) is 0 Å². The summed E-state index contributed by atoms with van der Waals surface area (Å²) in [5.41, 5.74) is 8.74. The van der Waals surface area contributed by atoms with Crippen LogP contribution >= 0.6 is 0 Å². The van der Waals surface area contributed by atoms with Crippen LogP contribution in [0.2, 0.25) is 0 Å². The molecule has 4 nitrogen and oxygen atoms in total. The number of hydrogen-bond acceptors (Lipinski definition) is 2. The summed E-state index contributed by atoms with van der Waals surface area (Å²) in [6.45, 7) is 6.20. The highest BCUT2D eigenvalue weighted by atomic mass is 16.2. The topological polar surface area (TPSA) is 46.4 Å². The van der Waals surface area contributed by atoms with Gasteiger partial charge in [0, 0.05) is 28.2 Å². The van der Waals surface area contributed by atoms with Crippen molar-refractivity contribution in [2.24, 2.45) is 5.10 Å². The molecule has 0 saturated heterocycles. The van der Waals surface area contributed by atoms with E-state index in [-0.39, 0.29) is 5.91 Å². The SMILES string of the molecule is Cc1ccc(-n2c(C)cc(/C=N\NC(=O)c3ccc4ccccc4c3)c2C)cc1. The molecule has 0 bridgehead atoms. The van der Waals surface area contributed by atoms with Crippen LogP contribution in [0.5, 0.6) is 0 Å². The van der Waals surface area contributed by atoms with Crippen molar-refractivity contribution in [1.29, 1.82) is 0 Å². The normalized spacial score (nSPS) is 11.3. The molecular formula is C25H23N3O. The lowest BCUT2D eigenvalue weighted by molar-refractivity contribution is 0.0955. The van der Waals surface area contributed by atoms with Gasteiger partial charge in [-0.15, -0.1) is 0 Å². The molecule has 0 spiro atoms. The lowest BCUT2D eigenvalue weighted by Gasteiger charge is -2.09. The molecule has 1 heterocycles. The van der Waals surface area contributed by atoms with Crippen molar-refractivity contribution in [3.8, 4) is 5.69 Å². The molecule has 144 valence electrons. The third-order valence-electron chi connectivity index (χ3n) is 5.14. The van der Waals surface area contributed by atoms with Crippen molar-refractivity contribution in [3.63, 3.8) is 0 Å². The Hall–Kier alpha value is -3.66. The van der Waals surface area contributed by atoms with E-state index >= 15 is 0 Å². The molecule has 4 rings (SSSR count). The minimum absolute atomic E-state index is 0.223. The van der Waals surface area contributed by atoms with E-state index in [0.29, 0.717) is 5.56 Å². The van der Waals surface area contributed by atoms with Crippen molar-refractivity contribution < 1.29 is 4.79 Å². The van der Waals surface area contributed by atoms with Crippen LogP contribution in [0.4, 0.5) is 0 Å². The van der Waals surface area contributed by atoms with Crippen LogP contribution < -0.4 is 5.43 Å². The number of benzene rings is 3. The second kappa shape index (κ2) is 7.76. The minimum Gasteiger partial charge on any atom is -0.318 e. The third kappa shape index (κ3) is 3.83. The first-order valence-electron chi connectivity index (χ1n) is 9.61. The zero-order valence-electron chi connectivity index (χ0n) is 16.8. The highest BCUT2D eigenvalue weighted by molar-refractivity contribution is 5.99. The van der Waals surface area contributed by atoms with E-state index in [4.69, 9.17) is 0 Å². The van der Waals surface area contributed by atoms with Crippen molar-refractivity contribution >= 4 is 22.9 Å². The number of amides is 1. The summed E-state index contributed by atoms with van der Waals surface area (Å²) in [4.78, 5) is 12.5. The summed E-state index contributed by atoms with van der Waals surface area (Å²) in [7, 11) is 0. The molecule has 1 N–H and O–H groups in total. The lowest BCUT2D eigenvalue weighted by atomic mass is 10.1. The van der Waals surface area contributed by atoms with Crippen molar-refractivity contribution in [2.75, 3.05) is 0 Å². The Morgan fingerprint density at radius 2 is 1.62 bits per heavy atom. The number of aromatic nitrogens is 1. The van der Waals surface area contributed by atoms with Gasteiger partial charge in [-0.05, 0) is 61.9 Å². The predicted octanol–water partition coefficient (Wildman–Crippen LogP) is 5.32. The second-order valence-electron chi connectivity index (χ2n) is 7.26. The van der Waals surface area contributed by atoms with Crippen LogP contribution in [0, 0.1) is 20.8 Å². The zero-order valence-corrected chi connectivity index (χ0v) is 16.8. The van der Waals surface area contributed by atoms with Crippen LogP contribution in [-0.4, -0.2) is 16.7 Å². The van der Waals surface area contributed by atoms with Gasteiger partial charge in [0.15, 0.2) is 0 Å². The maximum absolute atomic E-state index is 12.5. The highest BCUT2D eigenvalue weighted by Gasteiger charge is 2.10. The number of hydrazone groups is 1. The number of carbonyl (C=O) groups excluding carboxylic acids is 1. The Labute approximate surface area is 170 Å². The van der Waals surface area contributed by atoms with Gasteiger partial charge in [-0.2, -0.15) is 5.10 Å². The number of fused-ring (bicyclic) bond motifs is 1. The van der Waals surface area contributed by atoms with Crippen LogP contribution in [0.25, 0.3) is 16.5 Å². The molecule has 0 aliphatic heterocycles. The van der Waals surface area contributed by atoms with Crippen molar-refractivity contribution in [3.05, 3.63) is 101 Å². The molecule has 0 aliphatic rings. The molecule has 0 atom stereocenters. The van der Waals surface area contributed by atoms with Gasteiger partial charge in [-0.1, -0.05) is 48.0 Å². The van der Waals surface area contributed by atoms with Gasteiger partial charge in [0.2, 0.25) is 0 Å². The van der Waals surface area contributed by atoms with E-state index in [1.54, 1.807) is 6.21 Å². The first-order valence-corrected chi connectivity index (χ1v) is 9.61. The maximum Gasteiger partial charge on any atom is 0.271 e. The molecule has 0 fully saturated rings. The fourth-order valence-electron chi connectivity index (χ4n) is 3.57. The molecule has 29 heavy (non-hydrogen) atoms. The van der Waals surface area contributed by atoms with Crippen LogP contribution in [0.1, 0.15) is 32.9 Å². The third-order valence-corrected chi connectivity index (χ3v) is 5.14. The van der Waals surface area contributed by atoms with Gasteiger partial charge in [0.1, 0.15) is 0 Å². The molecular weight excluding hydrogens is 358 g/mol. The number of nitrogens with zero attached hydrogens (tertiary/aromatic N) is 2. The summed E-state index contributed by atoms with van der Waals surface area (Å²) < 4.78 is 2.19. The monoisotopic (exact) mass is 381 g/mol. The molecule has 0 unspecified atom stereocenters. The summed E-state index contributed by atoms with van der Waals surface area (Å²) in [5.74, 6) is -0.223. The molecule has 4 aromatic rings. The van der Waals surface area contributed by atoms with Gasteiger partial charge >= 0.3 is 0 Å². The van der Waals surface area contributed by atoms with Gasteiger partial charge in [0.05, 0.1) is 6.21 Å². The van der Waals surface area contributed by atoms with Crippen LogP contribution in [0.3, 0.4) is 0 Å². The number of carbonyl (C=O) groups is 1. The van der Waals surface area contributed by atoms with Crippen molar-refractivity contribution in [2.45, 2.75) is 20.8 Å². The number of rotatable bonds is 4. The molecule has 4 heteroatoms. The fraction of sp³-hybridized carbons (Fsp3) is 0.120. The Balaban J connectivity index is 1.52. The van der Waals surface area contributed by atoms with Crippen LogP contribution in [0.15, 0.2) is 77.9 Å². The zero-order chi connectivity index (χ0) is 20.4. The van der Waals surface area contributed by atoms with Crippen molar-refractivity contribution in [1.82, 2.24) is 9.99 Å². The predicted molar refractivity (Wildman–Crippen MR) is 119 cm³/mol. The largest absolute Gasteiger partial charge is 0.318 e. The van der Waals surface area contributed by atoms with E-state index in [9.17, 15) is 4.79 Å². The molecule has 3 aromatic carbocycles. The molecule has 0 aliphatic carbocycles. The quantitative estimate of drug-likeness (QED) is 0.377. The smallest absolute Gasteiger partial charge is 0.271 e. The Bertz CT molecular complexity index is 1220. The first-order chi connectivity index (χ1) is 14.0. The molecule has 1 aromatic heterocycles. The van der Waals surface area contributed by atoms with E-state index in [0.717, 1.165) is 33.4 Å². The van der Waals surface area contributed by atoms with Gasteiger partial charge in [0.25, 0.3) is 5.91 Å². The lowest BCUT2D eigenvalue weighted by Crippen LogP contribution is -2.17. The Kier molecular flexibility index (Phi) is 5.00. The molecule has 0 saturated carbocycles. The minimum atomic E-state index is -0.223. The summed E-state index contributed by atoms with van der Waals surface area (Å²) >= 11 is 0. The average Bonchev–Trinajstić information content (AvgIpc) is 3.01. The molecule has 1 amide bonds. The first kappa shape index (κ1) is 18.7. The highest BCUT2D eigenvalue weighted by Crippen LogP contribution is 2.20. The number of hydrogen-bond donors (Lipinski definition) is 1. The Morgan fingerprint density at radius 3 is 2.38 bits per heavy atom. The van der Waals surface area contributed by atoms with E-state index in [2.05, 4.69) is 66.2 Å². The standard InChI is InChI=1S/C25H23N3O/c1-17-8-12-24(13-9-17)28-18(2)14-23(19(28)3)16-26-27-25(29)22-11-10-20-6-4-5-7-21(20)15-22/h4-16H,1-3H3,(H,27,29)/b26-16-. The Morgan fingerprint density at radius 1 is 0.897 bits per heavy atom. The van der Waals surface area contributed by atoms with E-state index in [1.807, 2.05) is 42.5 Å². The number of nitrogens with one attached hydrogen (secondary N) is 1. The second-order valence-corrected chi connectivity index (χ2v) is 7.26. The average molecular weight is 381 g/mol. The maximum atomic E-state index is 12.5. The van der Waals surface area contributed by atoms with Gasteiger partial charge in [-0.3, -0.25) is 4.79 Å². The summed E-state index contributed by atoms with van der Waals surface area (Å²) in [6.07, 6.45) is 1.70. The summed E-state index contributed by atoms with van der Waals surface area (Å²) in [5, 5.41) is 6.32. The number of aryl methyl sites for hydroxylation is 2. The van der Waals surface area contributed by atoms with E-state index in [1.165, 1.54) is 5.56 Å². The molecule has 0 radical (unpaired) electrons. The summed E-state index contributed by atoms with van der Waals surface area (Å²) in [6, 6.07) is 24.1. The van der Waals surface area contributed by atoms with E-state index < -0.39 is 0 Å². The van der Waals surface area contributed by atoms with Gasteiger partial charge < -0.3 is 4.57 Å². The van der Waals surface area contributed by atoms with Gasteiger partial charge in [-0.25, -0.2) is 5.43 Å². The fourth-order valence-corrected chi connectivity index (χ4v) is 3.57.